The first-order chi connectivity index (χ1) is 14.9. The fraction of sp³-hybridized carbons (Fsp3) is 0.731. The van der Waals surface area contributed by atoms with Gasteiger partial charge in [0.2, 0.25) is 5.75 Å². The van der Waals surface area contributed by atoms with Gasteiger partial charge >= 0.3 is 0 Å². The maximum Gasteiger partial charge on any atom is 0.293 e. The number of benzene rings is 1. The van der Waals surface area contributed by atoms with Crippen molar-refractivity contribution in [3.8, 4) is 17.2 Å². The number of phenols is 3. The smallest absolute Gasteiger partial charge is 0.293 e. The summed E-state index contributed by atoms with van der Waals surface area (Å²) < 4.78 is 5.18. The fourth-order valence-corrected chi connectivity index (χ4v) is 4.61. The molecular weight excluding hydrogens is 392 g/mol. The number of phenolic OH excluding ortho intramolecular Hbond substituents is 3. The van der Waals surface area contributed by atoms with Gasteiger partial charge in [-0.3, -0.25) is 4.79 Å². The van der Waals surface area contributed by atoms with Gasteiger partial charge in [0, 0.05) is 0 Å². The first kappa shape index (κ1) is 23.7. The molecule has 0 radical (unpaired) electrons. The predicted molar refractivity (Wildman–Crippen MR) is 121 cm³/mol. The highest BCUT2D eigenvalue weighted by molar-refractivity contribution is 5.57. The molecule has 5 heteroatoms. The second-order valence-electron chi connectivity index (χ2n) is 10.3. The molecule has 0 aromatic heterocycles. The van der Waals surface area contributed by atoms with E-state index in [1.54, 1.807) is 0 Å². The van der Waals surface area contributed by atoms with Crippen molar-refractivity contribution in [1.82, 2.24) is 0 Å². The molecule has 1 aromatic rings. The second kappa shape index (κ2) is 10.6. The van der Waals surface area contributed by atoms with Gasteiger partial charge in [-0.2, -0.15) is 0 Å². The van der Waals surface area contributed by atoms with E-state index in [4.69, 9.17) is 4.74 Å². The zero-order valence-corrected chi connectivity index (χ0v) is 19.1. The number of carbonyl (C=O) groups excluding carboxylic acids is 1. The number of carbonyl (C=O) groups is 1. The van der Waals surface area contributed by atoms with Crippen molar-refractivity contribution in [2.45, 2.75) is 115 Å². The molecule has 2 fully saturated rings. The summed E-state index contributed by atoms with van der Waals surface area (Å²) in [7, 11) is 0. The van der Waals surface area contributed by atoms with E-state index in [-0.39, 0.29) is 22.8 Å². The number of unbranched alkanes of at least 4 members (excludes halogenated alkanes) is 6. The lowest BCUT2D eigenvalue weighted by atomic mass is 9.96. The highest BCUT2D eigenvalue weighted by Crippen LogP contribution is 2.49. The van der Waals surface area contributed by atoms with Crippen molar-refractivity contribution < 1.29 is 24.9 Å². The Hall–Kier alpha value is -1.91. The van der Waals surface area contributed by atoms with Crippen LogP contribution in [0.25, 0.3) is 0 Å². The number of rotatable bonds is 16. The van der Waals surface area contributed by atoms with Crippen LogP contribution in [0.15, 0.2) is 6.07 Å². The minimum atomic E-state index is -0.379. The number of ether oxygens (including phenoxy) is 1. The summed E-state index contributed by atoms with van der Waals surface area (Å²) in [6, 6.07) is 1.87. The molecule has 174 valence electrons. The van der Waals surface area contributed by atoms with Crippen LogP contribution in [-0.2, 0) is 22.4 Å². The molecule has 0 saturated heterocycles. The summed E-state index contributed by atoms with van der Waals surface area (Å²) >= 11 is 0. The van der Waals surface area contributed by atoms with Gasteiger partial charge in [-0.15, -0.1) is 0 Å². The van der Waals surface area contributed by atoms with Gasteiger partial charge in [0.15, 0.2) is 11.5 Å². The fourth-order valence-electron chi connectivity index (χ4n) is 4.61. The van der Waals surface area contributed by atoms with Crippen molar-refractivity contribution in [3.05, 3.63) is 17.2 Å². The lowest BCUT2D eigenvalue weighted by molar-refractivity contribution is -0.135. The van der Waals surface area contributed by atoms with Gasteiger partial charge in [0.25, 0.3) is 6.47 Å². The number of hydrogen-bond acceptors (Lipinski definition) is 5. The third kappa shape index (κ3) is 7.05. The normalized spacial score (nSPS) is 18.0. The van der Waals surface area contributed by atoms with E-state index in [9.17, 15) is 20.1 Å². The molecule has 0 amide bonds. The minimum Gasteiger partial charge on any atom is -0.504 e. The van der Waals surface area contributed by atoms with Crippen LogP contribution in [0.5, 0.6) is 17.2 Å². The molecule has 1 aromatic carbocycles. The van der Waals surface area contributed by atoms with Gasteiger partial charge in [-0.05, 0) is 93.2 Å². The Kier molecular flexibility index (Phi) is 8.12. The molecule has 0 bridgehead atoms. The number of hydrogen-bond donors (Lipinski definition) is 3. The first-order valence-corrected chi connectivity index (χ1v) is 12.3. The Morgan fingerprint density at radius 1 is 0.774 bits per heavy atom. The van der Waals surface area contributed by atoms with E-state index in [1.807, 2.05) is 6.07 Å². The topological polar surface area (TPSA) is 87.0 Å². The lowest BCUT2D eigenvalue weighted by Crippen LogP contribution is -2.12. The van der Waals surface area contributed by atoms with Gasteiger partial charge in [0.05, 0.1) is 0 Å². The van der Waals surface area contributed by atoms with Crippen LogP contribution in [-0.4, -0.2) is 27.4 Å². The molecule has 0 unspecified atom stereocenters. The largest absolute Gasteiger partial charge is 0.504 e. The lowest BCUT2D eigenvalue weighted by Gasteiger charge is -2.14. The van der Waals surface area contributed by atoms with Crippen LogP contribution in [0, 0.1) is 5.41 Å². The van der Waals surface area contributed by atoms with Crippen LogP contribution >= 0.6 is 0 Å². The van der Waals surface area contributed by atoms with E-state index in [1.165, 1.54) is 32.1 Å². The van der Waals surface area contributed by atoms with Crippen molar-refractivity contribution in [2.75, 3.05) is 0 Å². The average Bonchev–Trinajstić information content (AvgIpc) is 3.67. The highest BCUT2D eigenvalue weighted by Gasteiger charge is 2.44. The quantitative estimate of drug-likeness (QED) is 0.162. The molecule has 0 aliphatic heterocycles. The Labute approximate surface area is 186 Å². The predicted octanol–water partition coefficient (Wildman–Crippen LogP) is 6.30. The molecule has 0 heterocycles. The van der Waals surface area contributed by atoms with Crippen molar-refractivity contribution in [3.63, 3.8) is 0 Å². The van der Waals surface area contributed by atoms with Crippen molar-refractivity contribution in [2.24, 2.45) is 5.41 Å². The maximum atomic E-state index is 10.5. The molecule has 5 nitrogen and oxygen atoms in total. The zero-order valence-electron chi connectivity index (χ0n) is 19.1. The summed E-state index contributed by atoms with van der Waals surface area (Å²) in [5.74, 6) is -0.734. The van der Waals surface area contributed by atoms with Crippen LogP contribution in [0.4, 0.5) is 0 Å². The zero-order chi connectivity index (χ0) is 22.3. The second-order valence-corrected chi connectivity index (χ2v) is 10.3. The van der Waals surface area contributed by atoms with Gasteiger partial charge in [0.1, 0.15) is 5.60 Å². The molecule has 3 rings (SSSR count). The molecule has 0 spiro atoms. The maximum absolute atomic E-state index is 10.5. The summed E-state index contributed by atoms with van der Waals surface area (Å²) in [6.07, 6.45) is 17.0. The SMILES string of the molecule is CC1(CCCCCCc2cc(CCCCCCC3(OC=O)CC3)c(O)c(O)c2O)CC1. The van der Waals surface area contributed by atoms with Gasteiger partial charge in [-0.25, -0.2) is 0 Å². The van der Waals surface area contributed by atoms with Gasteiger partial charge < -0.3 is 20.1 Å². The van der Waals surface area contributed by atoms with E-state index in [2.05, 4.69) is 6.92 Å². The van der Waals surface area contributed by atoms with Crippen LogP contribution in [0.1, 0.15) is 108 Å². The van der Waals surface area contributed by atoms with Crippen LogP contribution in [0.3, 0.4) is 0 Å². The number of aromatic hydroxyl groups is 3. The molecular formula is C26H40O5. The average molecular weight is 433 g/mol. The molecule has 2 aliphatic carbocycles. The van der Waals surface area contributed by atoms with Crippen molar-refractivity contribution in [1.29, 1.82) is 0 Å². The minimum absolute atomic E-state index is 0.170. The van der Waals surface area contributed by atoms with E-state index in [0.717, 1.165) is 75.3 Å². The highest BCUT2D eigenvalue weighted by atomic mass is 16.5. The van der Waals surface area contributed by atoms with Crippen LogP contribution in [0.2, 0.25) is 0 Å². The van der Waals surface area contributed by atoms with E-state index in [0.29, 0.717) is 18.3 Å². The standard InChI is InChI=1S/C26H40O5/c1-25(14-15-25)12-8-4-2-6-10-20-18-21(23(29)24(30)22(20)28)11-7-3-5-9-13-26(16-17-26)31-19-27/h18-19,28-30H,2-17H2,1H3. The van der Waals surface area contributed by atoms with E-state index < -0.39 is 0 Å². The van der Waals surface area contributed by atoms with Crippen molar-refractivity contribution >= 4 is 6.47 Å². The monoisotopic (exact) mass is 432 g/mol. The summed E-state index contributed by atoms with van der Waals surface area (Å²) in [5, 5.41) is 30.6. The first-order valence-electron chi connectivity index (χ1n) is 12.3. The molecule has 31 heavy (non-hydrogen) atoms. The van der Waals surface area contributed by atoms with Gasteiger partial charge in [-0.1, -0.05) is 39.0 Å². The third-order valence-corrected chi connectivity index (χ3v) is 7.42. The Balaban J connectivity index is 1.37. The Morgan fingerprint density at radius 3 is 1.77 bits per heavy atom. The molecule has 2 aliphatic rings. The van der Waals surface area contributed by atoms with Crippen LogP contribution < -0.4 is 0 Å². The summed E-state index contributed by atoms with van der Waals surface area (Å²) in [4.78, 5) is 10.5. The Bertz CT molecular complexity index is 734. The molecule has 0 atom stereocenters. The number of aryl methyl sites for hydroxylation is 2. The molecule has 3 N–H and O–H groups in total. The van der Waals surface area contributed by atoms with E-state index >= 15 is 0 Å². The summed E-state index contributed by atoms with van der Waals surface area (Å²) in [5.41, 5.74) is 1.91. The molecule has 2 saturated carbocycles. The summed E-state index contributed by atoms with van der Waals surface area (Å²) in [6.45, 7) is 2.94. The Morgan fingerprint density at radius 2 is 1.29 bits per heavy atom. The third-order valence-electron chi connectivity index (χ3n) is 7.42.